The highest BCUT2D eigenvalue weighted by atomic mass is 32.1. The van der Waals surface area contributed by atoms with Crippen LogP contribution in [-0.2, 0) is 4.79 Å². The van der Waals surface area contributed by atoms with Crippen LogP contribution in [0.4, 0.5) is 16.4 Å². The number of piperazine rings is 1. The summed E-state index contributed by atoms with van der Waals surface area (Å²) in [5, 5.41) is 6.46. The molecule has 2 aromatic heterocycles. The Balaban J connectivity index is 1.26. The quantitative estimate of drug-likeness (QED) is 0.705. The zero-order chi connectivity index (χ0) is 19.3. The van der Waals surface area contributed by atoms with Gasteiger partial charge in [-0.25, -0.2) is 9.78 Å². The van der Waals surface area contributed by atoms with E-state index in [2.05, 4.69) is 37.0 Å². The van der Waals surface area contributed by atoms with Crippen LogP contribution in [0.2, 0.25) is 0 Å². The van der Waals surface area contributed by atoms with Gasteiger partial charge in [-0.2, -0.15) is 4.37 Å². The Morgan fingerprint density at radius 3 is 2.61 bits per heavy atom. The lowest BCUT2D eigenvalue weighted by atomic mass is 10.2. The van der Waals surface area contributed by atoms with E-state index >= 15 is 0 Å². The van der Waals surface area contributed by atoms with Crippen molar-refractivity contribution < 1.29 is 9.59 Å². The number of hydrogen-bond acceptors (Lipinski definition) is 6. The van der Waals surface area contributed by atoms with Crippen molar-refractivity contribution in [3.8, 4) is 0 Å². The van der Waals surface area contributed by atoms with Gasteiger partial charge in [0.05, 0.1) is 11.2 Å². The van der Waals surface area contributed by atoms with Crippen LogP contribution >= 0.6 is 11.5 Å². The van der Waals surface area contributed by atoms with Gasteiger partial charge in [-0.3, -0.25) is 4.79 Å². The SMILES string of the molecule is O=C(CNC(=O)N1CCN(c2nsc3ccccc23)CC1)Nc1ccccn1. The zero-order valence-electron chi connectivity index (χ0n) is 15.2. The van der Waals surface area contributed by atoms with E-state index in [9.17, 15) is 9.59 Å². The number of nitrogens with one attached hydrogen (secondary N) is 2. The highest BCUT2D eigenvalue weighted by molar-refractivity contribution is 7.13. The first-order chi connectivity index (χ1) is 13.7. The summed E-state index contributed by atoms with van der Waals surface area (Å²) in [5.41, 5.74) is 0. The Morgan fingerprint density at radius 2 is 1.82 bits per heavy atom. The highest BCUT2D eigenvalue weighted by Gasteiger charge is 2.23. The summed E-state index contributed by atoms with van der Waals surface area (Å²) in [4.78, 5) is 32.2. The van der Waals surface area contributed by atoms with Gasteiger partial charge in [-0.15, -0.1) is 0 Å². The normalized spacial score (nSPS) is 14.1. The molecule has 1 saturated heterocycles. The highest BCUT2D eigenvalue weighted by Crippen LogP contribution is 2.29. The molecule has 0 atom stereocenters. The number of nitrogens with zero attached hydrogens (tertiary/aromatic N) is 4. The number of rotatable bonds is 4. The predicted molar refractivity (Wildman–Crippen MR) is 110 cm³/mol. The van der Waals surface area contributed by atoms with E-state index in [-0.39, 0.29) is 18.5 Å². The maximum Gasteiger partial charge on any atom is 0.317 e. The fourth-order valence-corrected chi connectivity index (χ4v) is 3.91. The minimum atomic E-state index is -0.306. The van der Waals surface area contributed by atoms with Crippen molar-refractivity contribution in [2.75, 3.05) is 42.9 Å². The Kier molecular flexibility index (Phi) is 5.34. The third-order valence-corrected chi connectivity index (χ3v) is 5.37. The Morgan fingerprint density at radius 1 is 1.04 bits per heavy atom. The number of anilines is 2. The fraction of sp³-hybridized carbons (Fsp3) is 0.263. The van der Waals surface area contributed by atoms with Crippen molar-refractivity contribution in [1.82, 2.24) is 19.6 Å². The van der Waals surface area contributed by atoms with E-state index in [0.717, 1.165) is 15.9 Å². The lowest BCUT2D eigenvalue weighted by Gasteiger charge is -2.35. The van der Waals surface area contributed by atoms with Crippen molar-refractivity contribution in [1.29, 1.82) is 0 Å². The Labute approximate surface area is 166 Å². The van der Waals surface area contributed by atoms with E-state index in [1.54, 1.807) is 29.3 Å². The maximum absolute atomic E-state index is 12.3. The molecule has 1 aliphatic rings. The van der Waals surface area contributed by atoms with Gasteiger partial charge in [0, 0.05) is 37.8 Å². The molecule has 0 unspecified atom stereocenters. The second-order valence-electron chi connectivity index (χ2n) is 6.40. The van der Waals surface area contributed by atoms with E-state index < -0.39 is 0 Å². The summed E-state index contributed by atoms with van der Waals surface area (Å²) in [7, 11) is 0. The van der Waals surface area contributed by atoms with Crippen LogP contribution in [0.5, 0.6) is 0 Å². The van der Waals surface area contributed by atoms with Gasteiger partial charge in [0.1, 0.15) is 11.6 Å². The van der Waals surface area contributed by atoms with E-state index in [1.165, 1.54) is 11.5 Å². The molecule has 8 nitrogen and oxygen atoms in total. The number of aromatic nitrogens is 2. The predicted octanol–water partition coefficient (Wildman–Crippen LogP) is 2.16. The van der Waals surface area contributed by atoms with Crippen LogP contribution in [-0.4, -0.2) is 58.9 Å². The third kappa shape index (κ3) is 4.04. The summed E-state index contributed by atoms with van der Waals surface area (Å²) in [5.74, 6) is 1.14. The van der Waals surface area contributed by atoms with Crippen LogP contribution in [0.25, 0.3) is 10.1 Å². The van der Waals surface area contributed by atoms with Gasteiger partial charge in [0.2, 0.25) is 5.91 Å². The standard InChI is InChI=1S/C19H20N6O2S/c26-17(22-16-7-3-4-8-20-16)13-21-19(27)25-11-9-24(10-12-25)18-14-5-1-2-6-15(14)28-23-18/h1-8H,9-13H2,(H,21,27)(H,20,22,26). The smallest absolute Gasteiger partial charge is 0.317 e. The van der Waals surface area contributed by atoms with Gasteiger partial charge in [0.15, 0.2) is 0 Å². The van der Waals surface area contributed by atoms with Gasteiger partial charge in [0.25, 0.3) is 0 Å². The largest absolute Gasteiger partial charge is 0.352 e. The van der Waals surface area contributed by atoms with Crippen LogP contribution in [0, 0.1) is 0 Å². The van der Waals surface area contributed by atoms with Crippen molar-refractivity contribution in [3.05, 3.63) is 48.7 Å². The molecular weight excluding hydrogens is 376 g/mol. The first-order valence-corrected chi connectivity index (χ1v) is 9.81. The van der Waals surface area contributed by atoms with E-state index in [1.807, 2.05) is 12.1 Å². The molecule has 3 heterocycles. The van der Waals surface area contributed by atoms with Crippen LogP contribution in [0.15, 0.2) is 48.7 Å². The number of amides is 3. The molecule has 0 bridgehead atoms. The number of fused-ring (bicyclic) bond motifs is 1. The lowest BCUT2D eigenvalue weighted by molar-refractivity contribution is -0.115. The molecule has 3 aromatic rings. The van der Waals surface area contributed by atoms with Gasteiger partial charge >= 0.3 is 6.03 Å². The van der Waals surface area contributed by atoms with Crippen LogP contribution in [0.1, 0.15) is 0 Å². The molecule has 1 aromatic carbocycles. The van der Waals surface area contributed by atoms with Gasteiger partial charge < -0.3 is 20.4 Å². The first-order valence-electron chi connectivity index (χ1n) is 9.04. The Bertz CT molecular complexity index is 969. The van der Waals surface area contributed by atoms with E-state index in [0.29, 0.717) is 32.0 Å². The van der Waals surface area contributed by atoms with E-state index in [4.69, 9.17) is 0 Å². The molecule has 1 fully saturated rings. The number of hydrogen-bond donors (Lipinski definition) is 2. The lowest BCUT2D eigenvalue weighted by Crippen LogP contribution is -2.52. The molecule has 3 amide bonds. The molecule has 0 aliphatic carbocycles. The third-order valence-electron chi connectivity index (χ3n) is 4.56. The zero-order valence-corrected chi connectivity index (χ0v) is 16.0. The molecule has 0 radical (unpaired) electrons. The van der Waals surface area contributed by atoms with Crippen molar-refractivity contribution in [2.24, 2.45) is 0 Å². The number of urea groups is 1. The molecule has 2 N–H and O–H groups in total. The number of carbonyl (C=O) groups is 2. The fourth-order valence-electron chi connectivity index (χ4n) is 3.11. The summed E-state index contributed by atoms with van der Waals surface area (Å²) in [6.45, 7) is 2.49. The van der Waals surface area contributed by atoms with Crippen LogP contribution in [0.3, 0.4) is 0 Å². The Hall–Kier alpha value is -3.20. The first kappa shape index (κ1) is 18.2. The second kappa shape index (κ2) is 8.22. The van der Waals surface area contributed by atoms with Crippen molar-refractivity contribution in [2.45, 2.75) is 0 Å². The number of carbonyl (C=O) groups excluding carboxylic acids is 2. The topological polar surface area (TPSA) is 90.5 Å². The molecule has 144 valence electrons. The maximum atomic E-state index is 12.3. The molecule has 4 rings (SSSR count). The second-order valence-corrected chi connectivity index (χ2v) is 7.20. The van der Waals surface area contributed by atoms with Gasteiger partial charge in [-0.1, -0.05) is 18.2 Å². The van der Waals surface area contributed by atoms with Crippen molar-refractivity contribution in [3.63, 3.8) is 0 Å². The summed E-state index contributed by atoms with van der Waals surface area (Å²) in [6, 6.07) is 13.2. The summed E-state index contributed by atoms with van der Waals surface area (Å²) in [6.07, 6.45) is 1.60. The molecule has 1 aliphatic heterocycles. The van der Waals surface area contributed by atoms with Crippen molar-refractivity contribution >= 4 is 45.2 Å². The summed E-state index contributed by atoms with van der Waals surface area (Å²) < 4.78 is 5.74. The molecular formula is C19H20N6O2S. The molecule has 9 heteroatoms. The van der Waals surface area contributed by atoms with Crippen LogP contribution < -0.4 is 15.5 Å². The summed E-state index contributed by atoms with van der Waals surface area (Å²) >= 11 is 1.49. The average Bonchev–Trinajstić information content (AvgIpc) is 3.17. The molecule has 28 heavy (non-hydrogen) atoms. The minimum Gasteiger partial charge on any atom is -0.352 e. The van der Waals surface area contributed by atoms with Gasteiger partial charge in [-0.05, 0) is 35.8 Å². The molecule has 0 saturated carbocycles. The molecule has 0 spiro atoms. The average molecular weight is 396 g/mol. The minimum absolute atomic E-state index is 0.0909. The number of pyridine rings is 1. The number of benzene rings is 1. The monoisotopic (exact) mass is 396 g/mol.